The molecule has 0 bridgehead atoms. The number of morpholine rings is 1. The molecular formula is C23H29N3O4S. The van der Waals surface area contributed by atoms with Crippen LogP contribution in [0.25, 0.3) is 0 Å². The van der Waals surface area contributed by atoms with Gasteiger partial charge in [-0.05, 0) is 43.9 Å². The van der Waals surface area contributed by atoms with Gasteiger partial charge in [-0.25, -0.2) is 4.98 Å². The molecule has 3 atom stereocenters. The van der Waals surface area contributed by atoms with Crippen LogP contribution in [-0.4, -0.2) is 53.5 Å². The molecular weight excluding hydrogens is 414 g/mol. The number of nitrogens with one attached hydrogen (secondary N) is 1. The lowest BCUT2D eigenvalue weighted by Gasteiger charge is -2.34. The van der Waals surface area contributed by atoms with Crippen molar-refractivity contribution in [3.05, 3.63) is 39.9 Å². The highest BCUT2D eigenvalue weighted by Crippen LogP contribution is 2.40. The molecule has 1 fully saturated rings. The van der Waals surface area contributed by atoms with Crippen molar-refractivity contribution in [2.75, 3.05) is 25.0 Å². The van der Waals surface area contributed by atoms with Gasteiger partial charge in [-0.3, -0.25) is 19.8 Å². The molecule has 1 aliphatic carbocycles. The molecule has 1 aromatic carbocycles. The minimum absolute atomic E-state index is 0.0814. The second-order valence-electron chi connectivity index (χ2n) is 8.63. The maximum absolute atomic E-state index is 12.4. The van der Waals surface area contributed by atoms with Crippen molar-refractivity contribution in [3.8, 4) is 5.75 Å². The van der Waals surface area contributed by atoms with Crippen molar-refractivity contribution in [2.24, 2.45) is 0 Å². The molecule has 2 aliphatic rings. The normalized spacial score (nSPS) is 23.6. The molecule has 0 spiro atoms. The first-order chi connectivity index (χ1) is 14.8. The van der Waals surface area contributed by atoms with Gasteiger partial charge in [-0.2, -0.15) is 0 Å². The molecule has 1 aromatic heterocycles. The molecule has 2 aromatic rings. The third kappa shape index (κ3) is 4.97. The van der Waals surface area contributed by atoms with Crippen LogP contribution in [0.3, 0.4) is 0 Å². The Morgan fingerprint density at radius 2 is 2.03 bits per heavy atom. The van der Waals surface area contributed by atoms with Crippen LogP contribution in [0.4, 0.5) is 5.13 Å². The SMILES string of the molecule is Cc1ccc(OCC(=O)Nc2nc(CN3CC(C)OC(C)C3)cs2)c2c1C(C)CC2=O. The van der Waals surface area contributed by atoms with Gasteiger partial charge in [0, 0.05) is 31.4 Å². The number of rotatable bonds is 6. The van der Waals surface area contributed by atoms with Crippen molar-refractivity contribution in [2.45, 2.75) is 58.8 Å². The summed E-state index contributed by atoms with van der Waals surface area (Å²) < 4.78 is 11.5. The van der Waals surface area contributed by atoms with E-state index >= 15 is 0 Å². The van der Waals surface area contributed by atoms with Crippen LogP contribution >= 0.6 is 11.3 Å². The number of nitrogens with zero attached hydrogens (tertiary/aromatic N) is 2. The third-order valence-electron chi connectivity index (χ3n) is 5.73. The lowest BCUT2D eigenvalue weighted by atomic mass is 9.97. The summed E-state index contributed by atoms with van der Waals surface area (Å²) in [7, 11) is 0. The Hall–Kier alpha value is -2.29. The maximum Gasteiger partial charge on any atom is 0.264 e. The van der Waals surface area contributed by atoms with Gasteiger partial charge in [0.05, 0.1) is 23.5 Å². The predicted octanol–water partition coefficient (Wildman–Crippen LogP) is 3.77. The summed E-state index contributed by atoms with van der Waals surface area (Å²) in [6, 6.07) is 3.73. The van der Waals surface area contributed by atoms with E-state index in [0.717, 1.165) is 36.5 Å². The van der Waals surface area contributed by atoms with Crippen molar-refractivity contribution in [1.82, 2.24) is 9.88 Å². The first-order valence-corrected chi connectivity index (χ1v) is 11.6. The molecule has 166 valence electrons. The van der Waals surface area contributed by atoms with Crippen LogP contribution in [-0.2, 0) is 16.1 Å². The highest BCUT2D eigenvalue weighted by atomic mass is 32.1. The number of benzene rings is 1. The number of ether oxygens (including phenoxy) is 2. The number of ketones is 1. The number of hydrogen-bond donors (Lipinski definition) is 1. The third-order valence-corrected chi connectivity index (χ3v) is 6.53. The summed E-state index contributed by atoms with van der Waals surface area (Å²) >= 11 is 1.40. The molecule has 3 unspecified atom stereocenters. The van der Waals surface area contributed by atoms with E-state index in [1.54, 1.807) is 6.07 Å². The van der Waals surface area contributed by atoms with Crippen LogP contribution in [0.15, 0.2) is 17.5 Å². The van der Waals surface area contributed by atoms with Gasteiger partial charge in [0.1, 0.15) is 5.75 Å². The molecule has 8 heteroatoms. The average Bonchev–Trinajstić information content (AvgIpc) is 3.24. The number of aryl methyl sites for hydroxylation is 1. The van der Waals surface area contributed by atoms with Gasteiger partial charge in [0.2, 0.25) is 0 Å². The predicted molar refractivity (Wildman–Crippen MR) is 120 cm³/mol. The first kappa shape index (κ1) is 21.9. The van der Waals surface area contributed by atoms with E-state index < -0.39 is 0 Å². The quantitative estimate of drug-likeness (QED) is 0.732. The molecule has 1 N–H and O–H groups in total. The Morgan fingerprint density at radius 3 is 2.77 bits per heavy atom. The molecule has 0 radical (unpaired) electrons. The van der Waals surface area contributed by atoms with Crippen molar-refractivity contribution < 1.29 is 19.1 Å². The molecule has 2 heterocycles. The Labute approximate surface area is 186 Å². The van der Waals surface area contributed by atoms with E-state index in [2.05, 4.69) is 29.0 Å². The molecule has 4 rings (SSSR count). The zero-order valence-corrected chi connectivity index (χ0v) is 19.3. The van der Waals surface area contributed by atoms with E-state index in [4.69, 9.17) is 9.47 Å². The van der Waals surface area contributed by atoms with Crippen LogP contribution in [0.1, 0.15) is 60.3 Å². The number of aromatic nitrogens is 1. The topological polar surface area (TPSA) is 80.8 Å². The van der Waals surface area contributed by atoms with Gasteiger partial charge >= 0.3 is 0 Å². The molecule has 0 saturated carbocycles. The fraction of sp³-hybridized carbons (Fsp3) is 0.522. The van der Waals surface area contributed by atoms with Crippen LogP contribution in [0, 0.1) is 6.92 Å². The Bertz CT molecular complexity index is 979. The number of hydrogen-bond acceptors (Lipinski definition) is 7. The summed E-state index contributed by atoms with van der Waals surface area (Å²) in [5, 5.41) is 5.32. The fourth-order valence-electron chi connectivity index (χ4n) is 4.61. The van der Waals surface area contributed by atoms with Crippen LogP contribution in [0.5, 0.6) is 5.75 Å². The number of fused-ring (bicyclic) bond motifs is 1. The summed E-state index contributed by atoms with van der Waals surface area (Å²) in [4.78, 5) is 31.6. The Kier molecular flexibility index (Phi) is 6.41. The van der Waals surface area contributed by atoms with Gasteiger partial charge in [-0.1, -0.05) is 13.0 Å². The number of carbonyl (C=O) groups is 2. The Morgan fingerprint density at radius 1 is 1.29 bits per heavy atom. The van der Waals surface area contributed by atoms with Crippen molar-refractivity contribution >= 4 is 28.2 Å². The highest BCUT2D eigenvalue weighted by Gasteiger charge is 2.31. The van der Waals surface area contributed by atoms with Gasteiger partial charge < -0.3 is 9.47 Å². The lowest BCUT2D eigenvalue weighted by molar-refractivity contribution is -0.118. The van der Waals surface area contributed by atoms with Crippen LogP contribution in [0.2, 0.25) is 0 Å². The smallest absolute Gasteiger partial charge is 0.264 e. The Balaban J connectivity index is 1.33. The summed E-state index contributed by atoms with van der Waals surface area (Å²) in [6.45, 7) is 10.5. The van der Waals surface area contributed by atoms with Crippen molar-refractivity contribution in [1.29, 1.82) is 0 Å². The molecule has 1 saturated heterocycles. The van der Waals surface area contributed by atoms with Crippen LogP contribution < -0.4 is 10.1 Å². The fourth-order valence-corrected chi connectivity index (χ4v) is 5.32. The zero-order chi connectivity index (χ0) is 22.1. The van der Waals surface area contributed by atoms with Crippen molar-refractivity contribution in [3.63, 3.8) is 0 Å². The van der Waals surface area contributed by atoms with E-state index in [0.29, 0.717) is 22.9 Å². The summed E-state index contributed by atoms with van der Waals surface area (Å²) in [5.74, 6) is 0.465. The number of Topliss-reactive ketones (excluding diaryl/α,β-unsaturated/α-hetero) is 1. The maximum atomic E-state index is 12.4. The van der Waals surface area contributed by atoms with Gasteiger partial charge in [0.25, 0.3) is 5.91 Å². The molecule has 31 heavy (non-hydrogen) atoms. The second-order valence-corrected chi connectivity index (χ2v) is 9.49. The van der Waals surface area contributed by atoms with E-state index in [1.807, 2.05) is 25.3 Å². The van der Waals surface area contributed by atoms with E-state index in [-0.39, 0.29) is 36.4 Å². The number of thiazole rings is 1. The van der Waals surface area contributed by atoms with Gasteiger partial charge in [-0.15, -0.1) is 11.3 Å². The molecule has 1 aliphatic heterocycles. The number of carbonyl (C=O) groups excluding carboxylic acids is 2. The molecule has 1 amide bonds. The summed E-state index contributed by atoms with van der Waals surface area (Å²) in [6.07, 6.45) is 0.902. The minimum atomic E-state index is -0.290. The number of anilines is 1. The zero-order valence-electron chi connectivity index (χ0n) is 18.4. The second kappa shape index (κ2) is 9.06. The number of amides is 1. The average molecular weight is 444 g/mol. The van der Waals surface area contributed by atoms with E-state index in [9.17, 15) is 9.59 Å². The largest absolute Gasteiger partial charge is 0.483 e. The lowest BCUT2D eigenvalue weighted by Crippen LogP contribution is -2.44. The summed E-state index contributed by atoms with van der Waals surface area (Å²) in [5.41, 5.74) is 3.69. The monoisotopic (exact) mass is 443 g/mol. The minimum Gasteiger partial charge on any atom is -0.483 e. The van der Waals surface area contributed by atoms with Gasteiger partial charge in [0.15, 0.2) is 17.5 Å². The first-order valence-electron chi connectivity index (χ1n) is 10.7. The van der Waals surface area contributed by atoms with E-state index in [1.165, 1.54) is 11.3 Å². The molecule has 7 nitrogen and oxygen atoms in total. The highest BCUT2D eigenvalue weighted by molar-refractivity contribution is 7.13. The standard InChI is InChI=1S/C23H29N3O4S/c1-13-5-6-19(22-18(27)7-14(2)21(13)22)29-11-20(28)25-23-24-17(12-31-23)10-26-8-15(3)30-16(4)9-26/h5-6,12,14-16H,7-11H2,1-4H3,(H,24,25,28).